The lowest BCUT2D eigenvalue weighted by Gasteiger charge is -2.06. The highest BCUT2D eigenvalue weighted by Crippen LogP contribution is 2.31. The quantitative estimate of drug-likeness (QED) is 0.678. The van der Waals surface area contributed by atoms with Crippen molar-refractivity contribution in [1.82, 2.24) is 9.38 Å². The van der Waals surface area contributed by atoms with Gasteiger partial charge in [-0.15, -0.1) is 0 Å². The van der Waals surface area contributed by atoms with Gasteiger partial charge in [0, 0.05) is 6.20 Å². The summed E-state index contributed by atoms with van der Waals surface area (Å²) in [6.07, 6.45) is 1.79. The maximum absolute atomic E-state index is 11.9. The maximum atomic E-state index is 11.9. The first-order valence-electron chi connectivity index (χ1n) is 5.81. The van der Waals surface area contributed by atoms with Gasteiger partial charge in [0.25, 0.3) is 0 Å². The number of phenols is 1. The molecule has 3 aromatic rings. The van der Waals surface area contributed by atoms with Crippen molar-refractivity contribution in [2.45, 2.75) is 6.92 Å². The van der Waals surface area contributed by atoms with Crippen molar-refractivity contribution >= 4 is 22.6 Å². The first kappa shape index (κ1) is 11.5. The predicted octanol–water partition coefficient (Wildman–Crippen LogP) is 2.29. The van der Waals surface area contributed by atoms with Crippen LogP contribution < -0.4 is 0 Å². The van der Waals surface area contributed by atoms with E-state index in [0.717, 1.165) is 0 Å². The summed E-state index contributed by atoms with van der Waals surface area (Å²) in [6.45, 7) is 1.75. The van der Waals surface area contributed by atoms with Gasteiger partial charge >= 0.3 is 5.97 Å². The van der Waals surface area contributed by atoms with E-state index in [1.54, 1.807) is 23.6 Å². The molecule has 0 aliphatic carbocycles. The van der Waals surface area contributed by atoms with Crippen molar-refractivity contribution in [2.24, 2.45) is 0 Å². The Hall–Kier alpha value is -2.56. The van der Waals surface area contributed by atoms with E-state index >= 15 is 0 Å². The zero-order valence-electron chi connectivity index (χ0n) is 10.5. The molecule has 3 rings (SSSR count). The number of hydrogen-bond donors (Lipinski definition) is 1. The van der Waals surface area contributed by atoms with E-state index in [-0.39, 0.29) is 5.75 Å². The molecule has 1 N–H and O–H groups in total. The second kappa shape index (κ2) is 3.98. The van der Waals surface area contributed by atoms with E-state index in [1.165, 1.54) is 7.11 Å². The number of benzene rings is 1. The van der Waals surface area contributed by atoms with Gasteiger partial charge in [0.1, 0.15) is 22.4 Å². The number of aromatic nitrogens is 2. The normalized spacial score (nSPS) is 11.1. The zero-order valence-corrected chi connectivity index (χ0v) is 10.5. The molecular formula is C14H12N2O3. The molecule has 2 aromatic heterocycles. The average molecular weight is 256 g/mol. The van der Waals surface area contributed by atoms with Crippen LogP contribution in [-0.4, -0.2) is 27.6 Å². The van der Waals surface area contributed by atoms with Crippen LogP contribution in [0.5, 0.6) is 5.75 Å². The zero-order chi connectivity index (χ0) is 13.6. The molecule has 96 valence electrons. The van der Waals surface area contributed by atoms with Crippen molar-refractivity contribution in [3.8, 4) is 5.75 Å². The third-order valence-corrected chi connectivity index (χ3v) is 3.15. The van der Waals surface area contributed by atoms with Crippen LogP contribution in [0.25, 0.3) is 16.7 Å². The van der Waals surface area contributed by atoms with Crippen LogP contribution in [0.3, 0.4) is 0 Å². The number of rotatable bonds is 1. The van der Waals surface area contributed by atoms with Crippen LogP contribution in [0.1, 0.15) is 15.9 Å². The molecule has 0 spiro atoms. The van der Waals surface area contributed by atoms with Crippen molar-refractivity contribution in [3.63, 3.8) is 0 Å². The molecule has 19 heavy (non-hydrogen) atoms. The number of aryl methyl sites for hydroxylation is 1. The number of pyridine rings is 1. The van der Waals surface area contributed by atoms with Crippen LogP contribution in [0.4, 0.5) is 0 Å². The Morgan fingerprint density at radius 1 is 1.42 bits per heavy atom. The van der Waals surface area contributed by atoms with E-state index in [2.05, 4.69) is 4.98 Å². The van der Waals surface area contributed by atoms with Gasteiger partial charge in [-0.05, 0) is 30.7 Å². The molecule has 0 saturated heterocycles. The minimum atomic E-state index is -0.453. The van der Waals surface area contributed by atoms with Crippen LogP contribution >= 0.6 is 0 Å². The van der Waals surface area contributed by atoms with Crippen LogP contribution in [-0.2, 0) is 4.74 Å². The average Bonchev–Trinajstić information content (AvgIpc) is 2.77. The Morgan fingerprint density at radius 2 is 2.21 bits per heavy atom. The summed E-state index contributed by atoms with van der Waals surface area (Å²) in [5.41, 5.74) is 2.67. The number of carbonyl (C=O) groups is 1. The Kier molecular flexibility index (Phi) is 2.41. The number of nitrogens with zero attached hydrogens (tertiary/aromatic N) is 2. The molecule has 0 radical (unpaired) electrons. The standard InChI is InChI=1S/C14H12N2O3/c1-8-7-9(17)13-12(11(8)14(18)19-2)15-10-5-3-4-6-16(10)13/h3-7,17H,1-2H3. The maximum Gasteiger partial charge on any atom is 0.340 e. The lowest BCUT2D eigenvalue weighted by Crippen LogP contribution is -2.05. The number of methoxy groups -OCH3 is 1. The molecule has 0 amide bonds. The summed E-state index contributed by atoms with van der Waals surface area (Å²) in [6, 6.07) is 7.06. The molecule has 5 heteroatoms. The topological polar surface area (TPSA) is 63.8 Å². The summed E-state index contributed by atoms with van der Waals surface area (Å²) in [7, 11) is 1.33. The molecule has 1 aromatic carbocycles. The van der Waals surface area contributed by atoms with Crippen LogP contribution in [0.2, 0.25) is 0 Å². The number of hydrogen-bond acceptors (Lipinski definition) is 4. The molecule has 0 atom stereocenters. The van der Waals surface area contributed by atoms with E-state index < -0.39 is 5.97 Å². The molecule has 0 bridgehead atoms. The van der Waals surface area contributed by atoms with Gasteiger partial charge in [-0.1, -0.05) is 6.07 Å². The van der Waals surface area contributed by atoms with Crippen molar-refractivity contribution in [2.75, 3.05) is 7.11 Å². The minimum absolute atomic E-state index is 0.0962. The molecule has 0 aliphatic rings. The monoisotopic (exact) mass is 256 g/mol. The van der Waals surface area contributed by atoms with E-state index in [4.69, 9.17) is 4.74 Å². The van der Waals surface area contributed by atoms with E-state index in [0.29, 0.717) is 27.8 Å². The first-order chi connectivity index (χ1) is 9.13. The lowest BCUT2D eigenvalue weighted by atomic mass is 10.1. The van der Waals surface area contributed by atoms with Gasteiger partial charge in [-0.3, -0.25) is 4.40 Å². The number of aromatic hydroxyl groups is 1. The highest BCUT2D eigenvalue weighted by molar-refractivity contribution is 6.06. The Bertz CT molecular complexity index is 805. The molecule has 2 heterocycles. The fourth-order valence-corrected chi connectivity index (χ4v) is 2.31. The summed E-state index contributed by atoms with van der Waals surface area (Å²) < 4.78 is 6.54. The number of imidazole rings is 1. The fraction of sp³-hybridized carbons (Fsp3) is 0.143. The number of esters is 1. The summed E-state index contributed by atoms with van der Waals surface area (Å²) in [4.78, 5) is 16.3. The molecule has 0 aliphatic heterocycles. The fourth-order valence-electron chi connectivity index (χ4n) is 2.31. The molecule has 0 unspecified atom stereocenters. The summed E-state index contributed by atoms with van der Waals surface area (Å²) >= 11 is 0. The third kappa shape index (κ3) is 1.55. The Labute approximate surface area is 109 Å². The number of ether oxygens (including phenoxy) is 1. The molecular weight excluding hydrogens is 244 g/mol. The highest BCUT2D eigenvalue weighted by atomic mass is 16.5. The number of phenolic OH excluding ortho intramolecular Hbond substituents is 1. The number of carbonyl (C=O) groups excluding carboxylic acids is 1. The Balaban J connectivity index is 2.54. The highest BCUT2D eigenvalue weighted by Gasteiger charge is 2.20. The molecule has 0 fully saturated rings. The van der Waals surface area contributed by atoms with Crippen LogP contribution in [0.15, 0.2) is 30.5 Å². The number of fused-ring (bicyclic) bond motifs is 3. The van der Waals surface area contributed by atoms with Crippen molar-refractivity contribution in [1.29, 1.82) is 0 Å². The van der Waals surface area contributed by atoms with E-state index in [9.17, 15) is 9.90 Å². The first-order valence-corrected chi connectivity index (χ1v) is 5.81. The van der Waals surface area contributed by atoms with Gasteiger partial charge in [0.05, 0.1) is 12.7 Å². The van der Waals surface area contributed by atoms with Gasteiger partial charge in [-0.2, -0.15) is 0 Å². The minimum Gasteiger partial charge on any atom is -0.506 e. The smallest absolute Gasteiger partial charge is 0.340 e. The van der Waals surface area contributed by atoms with Crippen molar-refractivity contribution < 1.29 is 14.6 Å². The Morgan fingerprint density at radius 3 is 2.95 bits per heavy atom. The second-order valence-electron chi connectivity index (χ2n) is 4.32. The third-order valence-electron chi connectivity index (χ3n) is 3.15. The predicted molar refractivity (Wildman–Crippen MR) is 70.4 cm³/mol. The van der Waals surface area contributed by atoms with E-state index in [1.807, 2.05) is 18.2 Å². The second-order valence-corrected chi connectivity index (χ2v) is 4.32. The lowest BCUT2D eigenvalue weighted by molar-refractivity contribution is 0.0602. The molecule has 0 saturated carbocycles. The van der Waals surface area contributed by atoms with Crippen molar-refractivity contribution in [3.05, 3.63) is 41.6 Å². The van der Waals surface area contributed by atoms with Crippen LogP contribution in [0, 0.1) is 6.92 Å². The summed E-state index contributed by atoms with van der Waals surface area (Å²) in [5.74, 6) is -0.357. The van der Waals surface area contributed by atoms with Gasteiger partial charge in [0.15, 0.2) is 0 Å². The molecule has 5 nitrogen and oxygen atoms in total. The summed E-state index contributed by atoms with van der Waals surface area (Å²) in [5, 5.41) is 10.1. The van der Waals surface area contributed by atoms with Gasteiger partial charge in [-0.25, -0.2) is 9.78 Å². The van der Waals surface area contributed by atoms with Gasteiger partial charge in [0.2, 0.25) is 0 Å². The van der Waals surface area contributed by atoms with Gasteiger partial charge < -0.3 is 9.84 Å². The SMILES string of the molecule is COC(=O)c1c(C)cc(O)c2c1nc1ccccn12. The largest absolute Gasteiger partial charge is 0.506 e.